The Bertz CT molecular complexity index is 1540. The highest BCUT2D eigenvalue weighted by molar-refractivity contribution is 5.78. The topological polar surface area (TPSA) is 119 Å². The molecule has 0 bridgehead atoms. The number of pyridine rings is 1. The average Bonchev–Trinajstić information content (AvgIpc) is 3.52. The third kappa shape index (κ3) is 3.46. The molecule has 3 aliphatic rings. The molecule has 4 aromatic rings. The maximum absolute atomic E-state index is 11.9. The molecule has 1 fully saturated rings. The molecular weight excluding hydrogens is 486 g/mol. The van der Waals surface area contributed by atoms with Gasteiger partial charge in [0.25, 0.3) is 0 Å². The number of carbonyl (C=O) groups is 1. The van der Waals surface area contributed by atoms with Gasteiger partial charge in [-0.3, -0.25) is 9.36 Å². The molecule has 0 aliphatic carbocycles. The molecule has 1 unspecified atom stereocenters. The number of aliphatic hydroxyl groups excluding tert-OH is 1. The first kappa shape index (κ1) is 23.1. The van der Waals surface area contributed by atoms with E-state index in [1.165, 1.54) is 0 Å². The van der Waals surface area contributed by atoms with Crippen molar-refractivity contribution in [2.24, 2.45) is 0 Å². The molecule has 0 saturated carbocycles. The van der Waals surface area contributed by atoms with E-state index in [1.807, 2.05) is 37.3 Å². The number of rotatable bonds is 3. The number of hydrogen-bond acceptors (Lipinski definition) is 9. The van der Waals surface area contributed by atoms with E-state index in [2.05, 4.69) is 25.5 Å². The van der Waals surface area contributed by atoms with Crippen LogP contribution in [0.15, 0.2) is 48.8 Å². The van der Waals surface area contributed by atoms with Crippen LogP contribution in [0.2, 0.25) is 0 Å². The van der Waals surface area contributed by atoms with Gasteiger partial charge in [0, 0.05) is 49.2 Å². The van der Waals surface area contributed by atoms with Gasteiger partial charge >= 0.3 is 0 Å². The van der Waals surface area contributed by atoms with Crippen LogP contribution in [-0.4, -0.2) is 85.9 Å². The Morgan fingerprint density at radius 1 is 1.11 bits per heavy atom. The first-order valence-electron chi connectivity index (χ1n) is 12.7. The Morgan fingerprint density at radius 2 is 1.95 bits per heavy atom. The van der Waals surface area contributed by atoms with Crippen molar-refractivity contribution in [2.75, 3.05) is 44.4 Å². The molecule has 1 saturated heterocycles. The quantitative estimate of drug-likeness (QED) is 0.436. The number of imidazole rings is 1. The second-order valence-electron chi connectivity index (χ2n) is 10.0. The second kappa shape index (κ2) is 8.74. The fourth-order valence-corrected chi connectivity index (χ4v) is 5.86. The van der Waals surface area contributed by atoms with Crippen LogP contribution in [0.3, 0.4) is 0 Å². The smallest absolute Gasteiger partial charge is 0.248 e. The predicted octanol–water partition coefficient (Wildman–Crippen LogP) is 1.58. The highest BCUT2D eigenvalue weighted by Crippen LogP contribution is 2.44. The molecule has 2 atom stereocenters. The number of amides is 1. The van der Waals surface area contributed by atoms with E-state index in [4.69, 9.17) is 19.4 Å². The zero-order chi connectivity index (χ0) is 25.9. The lowest BCUT2D eigenvalue weighted by Gasteiger charge is -2.39. The van der Waals surface area contributed by atoms with Gasteiger partial charge in [-0.1, -0.05) is 18.2 Å². The van der Waals surface area contributed by atoms with Gasteiger partial charge in [-0.05, 0) is 25.1 Å². The summed E-state index contributed by atoms with van der Waals surface area (Å²) in [6.07, 6.45) is 3.57. The average molecular weight is 514 g/mol. The second-order valence-corrected chi connectivity index (χ2v) is 10.0. The molecule has 0 radical (unpaired) electrons. The number of hydrogen-bond donors (Lipinski definition) is 1. The van der Waals surface area contributed by atoms with Crippen molar-refractivity contribution >= 4 is 23.0 Å². The van der Waals surface area contributed by atoms with Gasteiger partial charge in [0.1, 0.15) is 42.5 Å². The molecule has 38 heavy (non-hydrogen) atoms. The number of aromatic nitrogens is 5. The number of anilines is 1. The summed E-state index contributed by atoms with van der Waals surface area (Å²) >= 11 is 0. The Labute approximate surface area is 218 Å². The molecule has 11 heteroatoms. The SMILES string of the molecule is C[C@H]1CN(c2ncc(-c3ccc4nc5n(c4n3)C3(COC5)COc4ccccc43)cn2)CCN1C(=O)CO. The summed E-state index contributed by atoms with van der Waals surface area (Å²) in [6.45, 7) is 4.59. The minimum Gasteiger partial charge on any atom is -0.490 e. The number of ether oxygens (including phenoxy) is 2. The van der Waals surface area contributed by atoms with Gasteiger partial charge in [-0.2, -0.15) is 0 Å². The molecular formula is C27H27N7O4. The van der Waals surface area contributed by atoms with E-state index in [1.54, 1.807) is 17.3 Å². The molecule has 1 amide bonds. The molecule has 6 heterocycles. The Balaban J connectivity index is 1.21. The highest BCUT2D eigenvalue weighted by Gasteiger charge is 2.47. The van der Waals surface area contributed by atoms with E-state index in [9.17, 15) is 9.90 Å². The Morgan fingerprint density at radius 3 is 2.76 bits per heavy atom. The fraction of sp³-hybridized carbons (Fsp3) is 0.370. The highest BCUT2D eigenvalue weighted by atomic mass is 16.5. The van der Waals surface area contributed by atoms with E-state index < -0.39 is 12.1 Å². The van der Waals surface area contributed by atoms with Crippen LogP contribution in [0.5, 0.6) is 5.75 Å². The summed E-state index contributed by atoms with van der Waals surface area (Å²) in [5.74, 6) is 2.05. The first-order chi connectivity index (χ1) is 18.6. The summed E-state index contributed by atoms with van der Waals surface area (Å²) in [5.41, 5.74) is 3.71. The number of benzene rings is 1. The predicted molar refractivity (Wildman–Crippen MR) is 138 cm³/mol. The summed E-state index contributed by atoms with van der Waals surface area (Å²) in [4.78, 5) is 34.8. The van der Waals surface area contributed by atoms with Gasteiger partial charge in [0.2, 0.25) is 11.9 Å². The number of para-hydroxylation sites is 1. The third-order valence-corrected chi connectivity index (χ3v) is 7.73. The minimum atomic E-state index is -0.513. The van der Waals surface area contributed by atoms with Crippen molar-refractivity contribution in [3.05, 3.63) is 60.2 Å². The number of nitrogens with zero attached hydrogens (tertiary/aromatic N) is 7. The van der Waals surface area contributed by atoms with Gasteiger partial charge in [-0.15, -0.1) is 0 Å². The number of piperazine rings is 1. The third-order valence-electron chi connectivity index (χ3n) is 7.73. The van der Waals surface area contributed by atoms with Crippen molar-refractivity contribution in [2.45, 2.75) is 25.1 Å². The van der Waals surface area contributed by atoms with Crippen molar-refractivity contribution in [1.29, 1.82) is 0 Å². The van der Waals surface area contributed by atoms with Gasteiger partial charge < -0.3 is 24.4 Å². The monoisotopic (exact) mass is 513 g/mol. The van der Waals surface area contributed by atoms with Crippen LogP contribution in [-0.2, 0) is 21.7 Å². The fourth-order valence-electron chi connectivity index (χ4n) is 5.86. The Kier molecular flexibility index (Phi) is 5.31. The first-order valence-corrected chi connectivity index (χ1v) is 12.7. The van der Waals surface area contributed by atoms with E-state index in [0.29, 0.717) is 45.4 Å². The van der Waals surface area contributed by atoms with Gasteiger partial charge in [0.15, 0.2) is 5.65 Å². The minimum absolute atomic E-state index is 0.0372. The molecule has 1 N–H and O–H groups in total. The maximum Gasteiger partial charge on any atom is 0.248 e. The lowest BCUT2D eigenvalue weighted by molar-refractivity contribution is -0.136. The zero-order valence-corrected chi connectivity index (χ0v) is 20.9. The molecule has 1 spiro atoms. The number of fused-ring (bicyclic) bond motifs is 6. The van der Waals surface area contributed by atoms with Crippen LogP contribution in [0, 0.1) is 0 Å². The molecule has 194 valence electrons. The van der Waals surface area contributed by atoms with Crippen LogP contribution < -0.4 is 9.64 Å². The van der Waals surface area contributed by atoms with Crippen molar-refractivity contribution in [3.8, 4) is 17.0 Å². The summed E-state index contributed by atoms with van der Waals surface area (Å²) in [5, 5.41) is 9.19. The normalized spacial score (nSPS) is 22.4. The van der Waals surface area contributed by atoms with Crippen molar-refractivity contribution in [3.63, 3.8) is 0 Å². The van der Waals surface area contributed by atoms with E-state index in [0.717, 1.165) is 39.6 Å². The molecule has 3 aromatic heterocycles. The molecule has 7 rings (SSSR count). The molecule has 1 aromatic carbocycles. The van der Waals surface area contributed by atoms with E-state index in [-0.39, 0.29) is 11.9 Å². The summed E-state index contributed by atoms with van der Waals surface area (Å²) in [6, 6.07) is 11.9. The van der Waals surface area contributed by atoms with Gasteiger partial charge in [-0.25, -0.2) is 19.9 Å². The van der Waals surface area contributed by atoms with Crippen molar-refractivity contribution < 1.29 is 19.4 Å². The van der Waals surface area contributed by atoms with Crippen molar-refractivity contribution in [1.82, 2.24) is 29.4 Å². The van der Waals surface area contributed by atoms with Crippen LogP contribution >= 0.6 is 0 Å². The van der Waals surface area contributed by atoms with E-state index >= 15 is 0 Å². The lowest BCUT2D eigenvalue weighted by atomic mass is 9.91. The van der Waals surface area contributed by atoms with Crippen LogP contribution in [0.1, 0.15) is 18.3 Å². The molecule has 11 nitrogen and oxygen atoms in total. The zero-order valence-electron chi connectivity index (χ0n) is 20.9. The standard InChI is InChI=1S/C27H27N7O4/c1-17-12-32(8-9-33(17)24(36)13-35)26-28-10-18(11-29-26)20-6-7-21-25(31-20)34-23(30-21)14-37-15-27(34)16-38-22-5-3-2-4-19(22)27/h2-7,10-11,17,35H,8-9,12-16H2,1H3/t17-,27?/m0/s1. The largest absolute Gasteiger partial charge is 0.490 e. The van der Waals surface area contributed by atoms with Crippen LogP contribution in [0.4, 0.5) is 5.95 Å². The number of carbonyl (C=O) groups excluding carboxylic acids is 1. The molecule has 3 aliphatic heterocycles. The van der Waals surface area contributed by atoms with Gasteiger partial charge in [0.05, 0.1) is 12.3 Å². The van der Waals surface area contributed by atoms with Crippen LogP contribution in [0.25, 0.3) is 22.4 Å². The number of aliphatic hydroxyl groups is 1. The summed E-state index contributed by atoms with van der Waals surface area (Å²) in [7, 11) is 0. The maximum atomic E-state index is 11.9. The summed E-state index contributed by atoms with van der Waals surface area (Å²) < 4.78 is 14.2. The Hall–Kier alpha value is -4.09. The lowest BCUT2D eigenvalue weighted by Crippen LogP contribution is -2.55.